The Labute approximate surface area is 105 Å². The van der Waals surface area contributed by atoms with E-state index in [1.807, 2.05) is 18.2 Å². The van der Waals surface area contributed by atoms with E-state index in [-0.39, 0.29) is 6.04 Å². The average Bonchev–Trinajstić information content (AvgIpc) is 2.28. The van der Waals surface area contributed by atoms with E-state index >= 15 is 0 Å². The minimum Gasteiger partial charge on any atom is -0.387 e. The number of hydrogen-bond acceptors (Lipinski definition) is 3. The van der Waals surface area contributed by atoms with E-state index in [1.165, 1.54) is 5.56 Å². The lowest BCUT2D eigenvalue weighted by Crippen LogP contribution is -2.30. The van der Waals surface area contributed by atoms with E-state index in [9.17, 15) is 5.11 Å². The van der Waals surface area contributed by atoms with Crippen molar-refractivity contribution in [1.82, 2.24) is 0 Å². The van der Waals surface area contributed by atoms with Gasteiger partial charge in [0, 0.05) is 10.5 Å². The fourth-order valence-electron chi connectivity index (χ4n) is 1.63. The van der Waals surface area contributed by atoms with Gasteiger partial charge >= 0.3 is 0 Å². The molecular weight excluding hydrogens is 268 g/mol. The van der Waals surface area contributed by atoms with Gasteiger partial charge in [0.15, 0.2) is 0 Å². The molecule has 0 saturated heterocycles. The molecule has 16 heavy (non-hydrogen) atoms. The number of halogens is 1. The lowest BCUT2D eigenvalue weighted by molar-refractivity contribution is 0.143. The summed E-state index contributed by atoms with van der Waals surface area (Å²) >= 11 is 3.49. The Morgan fingerprint density at radius 2 is 2.12 bits per heavy atom. The van der Waals surface area contributed by atoms with Gasteiger partial charge in [0.1, 0.15) is 0 Å². The summed E-state index contributed by atoms with van der Waals surface area (Å²) in [5.41, 5.74) is 13.3. The summed E-state index contributed by atoms with van der Waals surface area (Å²) in [4.78, 5) is 0. The lowest BCUT2D eigenvalue weighted by atomic mass is 9.99. The van der Waals surface area contributed by atoms with Gasteiger partial charge in [-0.1, -0.05) is 35.0 Å². The normalized spacial score (nSPS) is 14.8. The van der Waals surface area contributed by atoms with Crippen LogP contribution in [0.2, 0.25) is 0 Å². The minimum atomic E-state index is -0.647. The van der Waals surface area contributed by atoms with E-state index in [4.69, 9.17) is 11.5 Å². The van der Waals surface area contributed by atoms with Crippen LogP contribution in [0.5, 0.6) is 0 Å². The molecule has 0 saturated carbocycles. The molecule has 0 aromatic heterocycles. The Kier molecular flexibility index (Phi) is 5.41. The van der Waals surface area contributed by atoms with Crippen LogP contribution < -0.4 is 11.5 Å². The summed E-state index contributed by atoms with van der Waals surface area (Å²) in [7, 11) is 0. The van der Waals surface area contributed by atoms with Gasteiger partial charge in [-0.3, -0.25) is 0 Å². The summed E-state index contributed by atoms with van der Waals surface area (Å²) < 4.78 is 1.02. The number of benzene rings is 1. The fourth-order valence-corrected chi connectivity index (χ4v) is 2.31. The molecule has 0 fully saturated rings. The smallest absolute Gasteiger partial charge is 0.0941 e. The summed E-state index contributed by atoms with van der Waals surface area (Å²) in [5.74, 6) is 0. The van der Waals surface area contributed by atoms with E-state index in [0.29, 0.717) is 13.0 Å². The van der Waals surface area contributed by atoms with Gasteiger partial charge in [0.05, 0.1) is 6.10 Å². The molecule has 4 heteroatoms. The second kappa shape index (κ2) is 6.35. The molecule has 1 aromatic rings. The molecule has 3 nitrogen and oxygen atoms in total. The van der Waals surface area contributed by atoms with Gasteiger partial charge in [-0.25, -0.2) is 0 Å². The average molecular weight is 287 g/mol. The molecule has 0 heterocycles. The predicted molar refractivity (Wildman–Crippen MR) is 70.1 cm³/mol. The molecule has 0 bridgehead atoms. The first-order valence-electron chi connectivity index (χ1n) is 5.52. The third kappa shape index (κ3) is 3.28. The van der Waals surface area contributed by atoms with Crippen LogP contribution in [0.25, 0.3) is 0 Å². The molecular formula is C12H19BrN2O. The van der Waals surface area contributed by atoms with Crippen molar-refractivity contribution >= 4 is 15.9 Å². The Hall–Kier alpha value is -0.420. The zero-order valence-electron chi connectivity index (χ0n) is 9.49. The second-order valence-corrected chi connectivity index (χ2v) is 4.74. The van der Waals surface area contributed by atoms with Crippen molar-refractivity contribution in [2.75, 3.05) is 6.54 Å². The summed E-state index contributed by atoms with van der Waals surface area (Å²) in [6.45, 7) is 2.59. The zero-order chi connectivity index (χ0) is 12.1. The van der Waals surface area contributed by atoms with Crippen LogP contribution in [0.15, 0.2) is 22.7 Å². The molecule has 0 amide bonds. The number of aliphatic hydroxyl groups is 1. The van der Waals surface area contributed by atoms with Crippen LogP contribution >= 0.6 is 15.9 Å². The molecule has 0 radical (unpaired) electrons. The van der Waals surface area contributed by atoms with Gasteiger partial charge in [-0.2, -0.15) is 0 Å². The standard InChI is InChI=1S/C12H19BrN2O/c1-2-8-3-4-9(7-10(8)13)12(16)11(15)5-6-14/h3-4,7,11-12,16H,2,5-6,14-15H2,1H3. The number of aryl methyl sites for hydroxylation is 1. The van der Waals surface area contributed by atoms with Crippen LogP contribution in [-0.4, -0.2) is 17.7 Å². The summed E-state index contributed by atoms with van der Waals surface area (Å²) in [6.07, 6.45) is 0.936. The topological polar surface area (TPSA) is 72.3 Å². The van der Waals surface area contributed by atoms with Crippen LogP contribution in [0.4, 0.5) is 0 Å². The van der Waals surface area contributed by atoms with Crippen LogP contribution in [0.1, 0.15) is 30.6 Å². The minimum absolute atomic E-state index is 0.302. The highest BCUT2D eigenvalue weighted by molar-refractivity contribution is 9.10. The highest BCUT2D eigenvalue weighted by Crippen LogP contribution is 2.24. The van der Waals surface area contributed by atoms with Crippen molar-refractivity contribution in [1.29, 1.82) is 0 Å². The maximum Gasteiger partial charge on any atom is 0.0941 e. The quantitative estimate of drug-likeness (QED) is 0.772. The van der Waals surface area contributed by atoms with Crippen molar-refractivity contribution in [3.63, 3.8) is 0 Å². The molecule has 2 atom stereocenters. The van der Waals surface area contributed by atoms with Gasteiger partial charge in [-0.15, -0.1) is 0 Å². The third-order valence-electron chi connectivity index (χ3n) is 2.71. The van der Waals surface area contributed by atoms with Crippen molar-refractivity contribution in [2.24, 2.45) is 11.5 Å². The maximum absolute atomic E-state index is 10.0. The third-order valence-corrected chi connectivity index (χ3v) is 3.44. The van der Waals surface area contributed by atoms with E-state index in [0.717, 1.165) is 16.5 Å². The molecule has 90 valence electrons. The zero-order valence-corrected chi connectivity index (χ0v) is 11.1. The van der Waals surface area contributed by atoms with Crippen molar-refractivity contribution in [2.45, 2.75) is 31.9 Å². The van der Waals surface area contributed by atoms with E-state index in [1.54, 1.807) is 0 Å². The van der Waals surface area contributed by atoms with Crippen LogP contribution in [0, 0.1) is 0 Å². The first-order valence-corrected chi connectivity index (χ1v) is 6.31. The maximum atomic E-state index is 10.0. The lowest BCUT2D eigenvalue weighted by Gasteiger charge is -2.19. The first-order chi connectivity index (χ1) is 7.60. The number of rotatable bonds is 5. The predicted octanol–water partition coefficient (Wildman–Crippen LogP) is 1.72. The van der Waals surface area contributed by atoms with E-state index < -0.39 is 6.10 Å². The van der Waals surface area contributed by atoms with Crippen molar-refractivity contribution < 1.29 is 5.11 Å². The number of aliphatic hydroxyl groups excluding tert-OH is 1. The number of nitrogens with two attached hydrogens (primary N) is 2. The van der Waals surface area contributed by atoms with Crippen molar-refractivity contribution in [3.05, 3.63) is 33.8 Å². The van der Waals surface area contributed by atoms with Crippen molar-refractivity contribution in [3.8, 4) is 0 Å². The van der Waals surface area contributed by atoms with E-state index in [2.05, 4.69) is 22.9 Å². The fraction of sp³-hybridized carbons (Fsp3) is 0.500. The SMILES string of the molecule is CCc1ccc(C(O)C(N)CCN)cc1Br. The van der Waals surface area contributed by atoms with Gasteiger partial charge < -0.3 is 16.6 Å². The highest BCUT2D eigenvalue weighted by atomic mass is 79.9. The molecule has 1 rings (SSSR count). The van der Waals surface area contributed by atoms with Crippen LogP contribution in [-0.2, 0) is 6.42 Å². The molecule has 0 aliphatic carbocycles. The number of hydrogen-bond donors (Lipinski definition) is 3. The molecule has 5 N–H and O–H groups in total. The Bertz CT molecular complexity index is 344. The molecule has 0 aliphatic heterocycles. The molecule has 2 unspecified atom stereocenters. The first kappa shape index (κ1) is 13.6. The molecule has 0 aliphatic rings. The molecule has 0 spiro atoms. The Morgan fingerprint density at radius 3 is 2.62 bits per heavy atom. The highest BCUT2D eigenvalue weighted by Gasteiger charge is 2.16. The Morgan fingerprint density at radius 1 is 1.44 bits per heavy atom. The summed E-state index contributed by atoms with van der Waals surface area (Å²) in [6, 6.07) is 5.56. The largest absolute Gasteiger partial charge is 0.387 e. The van der Waals surface area contributed by atoms with Gasteiger partial charge in [-0.05, 0) is 36.6 Å². The van der Waals surface area contributed by atoms with Crippen LogP contribution in [0.3, 0.4) is 0 Å². The van der Waals surface area contributed by atoms with Gasteiger partial charge in [0.2, 0.25) is 0 Å². The summed E-state index contributed by atoms with van der Waals surface area (Å²) in [5, 5.41) is 10.0. The monoisotopic (exact) mass is 286 g/mol. The molecule has 1 aromatic carbocycles. The van der Waals surface area contributed by atoms with Gasteiger partial charge in [0.25, 0.3) is 0 Å². The Balaban J connectivity index is 2.84. The second-order valence-electron chi connectivity index (χ2n) is 3.89.